The van der Waals surface area contributed by atoms with E-state index in [1.54, 1.807) is 0 Å². The number of rotatable bonds is 6. The summed E-state index contributed by atoms with van der Waals surface area (Å²) in [5.74, 6) is -1.69. The van der Waals surface area contributed by atoms with Crippen LogP contribution in [0.4, 0.5) is 14.5 Å². The van der Waals surface area contributed by atoms with Crippen LogP contribution in [0.25, 0.3) is 0 Å². The average molecular weight is 371 g/mol. The second-order valence-electron chi connectivity index (χ2n) is 4.74. The van der Waals surface area contributed by atoms with Crippen LogP contribution >= 0.6 is 0 Å². The number of carbonyl (C=O) groups is 1. The molecular formula is C16H17BrF2N2O. The Bertz CT molecular complexity index is 608. The molecule has 6 heteroatoms. The summed E-state index contributed by atoms with van der Waals surface area (Å²) in [5.41, 5.74) is 0.0128. The van der Waals surface area contributed by atoms with Crippen LogP contribution in [-0.2, 0) is 11.3 Å². The van der Waals surface area contributed by atoms with Crippen molar-refractivity contribution in [2.75, 3.05) is 5.32 Å². The number of hydrogen-bond acceptors (Lipinski definition) is 1. The number of benzene rings is 1. The van der Waals surface area contributed by atoms with Crippen molar-refractivity contribution in [1.29, 1.82) is 0 Å². The first-order chi connectivity index (χ1) is 10.1. The van der Waals surface area contributed by atoms with Crippen molar-refractivity contribution in [3.8, 4) is 0 Å². The lowest BCUT2D eigenvalue weighted by Gasteiger charge is -2.06. The van der Waals surface area contributed by atoms with E-state index in [4.69, 9.17) is 0 Å². The van der Waals surface area contributed by atoms with Crippen LogP contribution in [-0.4, -0.2) is 5.91 Å². The highest BCUT2D eigenvalue weighted by Gasteiger charge is 2.08. The van der Waals surface area contributed by atoms with E-state index in [1.807, 2.05) is 35.2 Å². The van der Waals surface area contributed by atoms with E-state index in [0.29, 0.717) is 12.8 Å². The molecule has 0 atom stereocenters. The number of pyridine rings is 1. The fourth-order valence-electron chi connectivity index (χ4n) is 1.97. The fraction of sp³-hybridized carbons (Fsp3) is 0.250. The van der Waals surface area contributed by atoms with Crippen molar-refractivity contribution < 1.29 is 35.1 Å². The summed E-state index contributed by atoms with van der Waals surface area (Å²) >= 11 is 0. The number of aromatic nitrogens is 1. The maximum absolute atomic E-state index is 13.4. The van der Waals surface area contributed by atoms with Crippen molar-refractivity contribution in [3.05, 3.63) is 60.4 Å². The van der Waals surface area contributed by atoms with Gasteiger partial charge in [-0.2, -0.15) is 0 Å². The predicted molar refractivity (Wildman–Crippen MR) is 75.5 cm³/mol. The van der Waals surface area contributed by atoms with Crippen molar-refractivity contribution in [2.45, 2.75) is 25.8 Å². The third-order valence-corrected chi connectivity index (χ3v) is 3.05. The summed E-state index contributed by atoms with van der Waals surface area (Å²) in [6, 6.07) is 8.93. The summed E-state index contributed by atoms with van der Waals surface area (Å²) in [6.45, 7) is 0.832. The second kappa shape index (κ2) is 9.25. The molecule has 0 spiro atoms. The first kappa shape index (κ1) is 18.2. The Balaban J connectivity index is 0.00000242. The zero-order valence-corrected chi connectivity index (χ0v) is 13.5. The minimum absolute atomic E-state index is 0. The summed E-state index contributed by atoms with van der Waals surface area (Å²) in [7, 11) is 0. The standard InChI is InChI=1S/C16H16F2N2O.BrH/c17-13-7-8-15(14(18)12-13)19-16(21)6-2-5-11-20-9-3-1-4-10-20;/h1,3-4,7-10,12H,2,5-6,11H2;1H. The van der Waals surface area contributed by atoms with Crippen molar-refractivity contribution >= 4 is 11.6 Å². The molecule has 1 heterocycles. The molecule has 0 fully saturated rings. The van der Waals surface area contributed by atoms with Crippen LogP contribution in [0.3, 0.4) is 0 Å². The fourth-order valence-corrected chi connectivity index (χ4v) is 1.97. The molecular weight excluding hydrogens is 354 g/mol. The number of amides is 1. The number of carbonyl (C=O) groups excluding carboxylic acids is 1. The van der Waals surface area contributed by atoms with Gasteiger partial charge < -0.3 is 22.3 Å². The molecule has 0 bridgehead atoms. The van der Waals surface area contributed by atoms with E-state index < -0.39 is 11.6 Å². The van der Waals surface area contributed by atoms with E-state index in [1.165, 1.54) is 6.07 Å². The molecule has 0 aliphatic rings. The zero-order chi connectivity index (χ0) is 15.1. The third kappa shape index (κ3) is 5.89. The van der Waals surface area contributed by atoms with E-state index in [9.17, 15) is 13.6 Å². The van der Waals surface area contributed by atoms with Crippen LogP contribution in [0.5, 0.6) is 0 Å². The molecule has 0 aliphatic carbocycles. The lowest BCUT2D eigenvalue weighted by molar-refractivity contribution is -0.697. The van der Waals surface area contributed by atoms with Crippen LogP contribution in [0, 0.1) is 11.6 Å². The van der Waals surface area contributed by atoms with Crippen LogP contribution < -0.4 is 26.9 Å². The number of hydrogen-bond donors (Lipinski definition) is 1. The Morgan fingerprint density at radius 3 is 2.50 bits per heavy atom. The molecule has 22 heavy (non-hydrogen) atoms. The topological polar surface area (TPSA) is 33.0 Å². The number of nitrogens with one attached hydrogen (secondary N) is 1. The van der Waals surface area contributed by atoms with Crippen LogP contribution in [0.2, 0.25) is 0 Å². The number of nitrogens with zero attached hydrogens (tertiary/aromatic N) is 1. The summed E-state index contributed by atoms with van der Waals surface area (Å²) in [5, 5.41) is 2.45. The van der Waals surface area contributed by atoms with Gasteiger partial charge >= 0.3 is 0 Å². The molecule has 0 saturated carbocycles. The number of aryl methyl sites for hydroxylation is 1. The highest BCUT2D eigenvalue weighted by Crippen LogP contribution is 2.15. The van der Waals surface area contributed by atoms with Gasteiger partial charge in [-0.15, -0.1) is 0 Å². The van der Waals surface area contributed by atoms with Crippen LogP contribution in [0.15, 0.2) is 48.8 Å². The largest absolute Gasteiger partial charge is 1.00 e. The summed E-state index contributed by atoms with van der Waals surface area (Å²) < 4.78 is 28.1. The average Bonchev–Trinajstić information content (AvgIpc) is 2.48. The Morgan fingerprint density at radius 2 is 1.82 bits per heavy atom. The first-order valence-electron chi connectivity index (χ1n) is 6.84. The molecule has 1 N–H and O–H groups in total. The minimum atomic E-state index is -0.761. The van der Waals surface area contributed by atoms with Crippen molar-refractivity contribution in [2.24, 2.45) is 0 Å². The van der Waals surface area contributed by atoms with Gasteiger partial charge in [-0.05, 0) is 18.6 Å². The Labute approximate surface area is 138 Å². The maximum Gasteiger partial charge on any atom is 0.224 e. The summed E-state index contributed by atoms with van der Waals surface area (Å²) in [6.07, 6.45) is 5.80. The number of unbranched alkanes of at least 4 members (excludes halogenated alkanes) is 1. The van der Waals surface area contributed by atoms with Gasteiger partial charge in [-0.3, -0.25) is 4.79 Å². The van der Waals surface area contributed by atoms with Gasteiger partial charge in [0.15, 0.2) is 12.4 Å². The van der Waals surface area contributed by atoms with Crippen molar-refractivity contribution in [3.63, 3.8) is 0 Å². The Hall–Kier alpha value is -1.82. The highest BCUT2D eigenvalue weighted by atomic mass is 79.9. The van der Waals surface area contributed by atoms with Gasteiger partial charge in [0.25, 0.3) is 0 Å². The molecule has 2 aromatic rings. The van der Waals surface area contributed by atoms with Crippen molar-refractivity contribution in [1.82, 2.24) is 0 Å². The Kier molecular flexibility index (Phi) is 7.66. The maximum atomic E-state index is 13.4. The van der Waals surface area contributed by atoms with Gasteiger partial charge in [0.05, 0.1) is 5.69 Å². The van der Waals surface area contributed by atoms with E-state index in [2.05, 4.69) is 5.32 Å². The highest BCUT2D eigenvalue weighted by molar-refractivity contribution is 5.90. The normalized spacial score (nSPS) is 9.91. The zero-order valence-electron chi connectivity index (χ0n) is 11.9. The molecule has 0 unspecified atom stereocenters. The molecule has 118 valence electrons. The first-order valence-corrected chi connectivity index (χ1v) is 6.84. The second-order valence-corrected chi connectivity index (χ2v) is 4.74. The predicted octanol–water partition coefficient (Wildman–Crippen LogP) is 0.0653. The number of anilines is 1. The van der Waals surface area contributed by atoms with E-state index in [0.717, 1.165) is 25.1 Å². The molecule has 3 nitrogen and oxygen atoms in total. The molecule has 1 aromatic carbocycles. The molecule has 2 rings (SSSR count). The summed E-state index contributed by atoms with van der Waals surface area (Å²) in [4.78, 5) is 11.7. The van der Waals surface area contributed by atoms with Gasteiger partial charge in [-0.1, -0.05) is 6.07 Å². The molecule has 1 aromatic heterocycles. The SMILES string of the molecule is O=C(CCCC[n+]1ccccc1)Nc1ccc(F)cc1F.[Br-]. The number of halogens is 3. The molecule has 0 aliphatic heterocycles. The lowest BCUT2D eigenvalue weighted by Crippen LogP contribution is -3.00. The molecule has 1 amide bonds. The molecule has 0 radical (unpaired) electrons. The van der Waals surface area contributed by atoms with E-state index >= 15 is 0 Å². The minimum Gasteiger partial charge on any atom is -1.00 e. The monoisotopic (exact) mass is 370 g/mol. The van der Waals surface area contributed by atoms with Gasteiger partial charge in [0, 0.05) is 31.0 Å². The quantitative estimate of drug-likeness (QED) is 0.566. The smallest absolute Gasteiger partial charge is 0.224 e. The molecule has 0 saturated heterocycles. The third-order valence-electron chi connectivity index (χ3n) is 3.05. The van der Waals surface area contributed by atoms with E-state index in [-0.39, 0.29) is 28.6 Å². The van der Waals surface area contributed by atoms with Gasteiger partial charge in [0.1, 0.15) is 18.2 Å². The van der Waals surface area contributed by atoms with Crippen LogP contribution in [0.1, 0.15) is 19.3 Å². The lowest BCUT2D eigenvalue weighted by atomic mass is 10.2. The Morgan fingerprint density at radius 1 is 1.09 bits per heavy atom. The van der Waals surface area contributed by atoms with Gasteiger partial charge in [-0.25, -0.2) is 13.3 Å². The van der Waals surface area contributed by atoms with Gasteiger partial charge in [0.2, 0.25) is 5.91 Å².